The van der Waals surface area contributed by atoms with Gasteiger partial charge in [0.1, 0.15) is 11.5 Å². The Morgan fingerprint density at radius 2 is 1.07 bits per heavy atom. The monoisotopic (exact) mass is 542 g/mol. The Kier molecular flexibility index (Phi) is 7.30. The van der Waals surface area contributed by atoms with Gasteiger partial charge in [0.25, 0.3) is 0 Å². The highest BCUT2D eigenvalue weighted by Gasteiger charge is 2.27. The van der Waals surface area contributed by atoms with E-state index in [-0.39, 0.29) is 34.9 Å². The highest BCUT2D eigenvalue weighted by molar-refractivity contribution is 5.99. The van der Waals surface area contributed by atoms with Gasteiger partial charge in [-0.25, -0.2) is 0 Å². The standard InChI is InChI=1S/C35H30N2O4/c38-28-18-24(16-26(20-28)32-5-1-3-11-36-32)30-14-22(7-9-34(30)40)13-23-8-10-35(41)31(15-23)25-17-27(21-29(39)19-25)33-6-2-4-12-37-33/h1-12,14-15,20-21,24-25,40-41H,13,16-19H2. The van der Waals surface area contributed by atoms with E-state index in [9.17, 15) is 19.8 Å². The summed E-state index contributed by atoms with van der Waals surface area (Å²) in [7, 11) is 0. The summed E-state index contributed by atoms with van der Waals surface area (Å²) in [6.07, 6.45) is 9.24. The summed E-state index contributed by atoms with van der Waals surface area (Å²) in [6.45, 7) is 0. The number of nitrogens with zero attached hydrogens (tertiary/aromatic N) is 2. The molecule has 2 aliphatic carbocycles. The predicted octanol–water partition coefficient (Wildman–Crippen LogP) is 6.54. The number of carbonyl (C=O) groups is 2. The van der Waals surface area contributed by atoms with Crippen LogP contribution in [0.15, 0.2) is 97.3 Å². The van der Waals surface area contributed by atoms with Gasteiger partial charge in [0.15, 0.2) is 11.6 Å². The lowest BCUT2D eigenvalue weighted by Crippen LogP contribution is -2.13. The first kappa shape index (κ1) is 26.4. The van der Waals surface area contributed by atoms with E-state index >= 15 is 0 Å². The summed E-state index contributed by atoms with van der Waals surface area (Å²) in [5, 5.41) is 21.5. The van der Waals surface area contributed by atoms with E-state index in [1.165, 1.54) is 0 Å². The van der Waals surface area contributed by atoms with Crippen LogP contribution in [0.2, 0.25) is 0 Å². The molecule has 0 saturated carbocycles. The van der Waals surface area contributed by atoms with Gasteiger partial charge in [-0.05, 0) is 113 Å². The lowest BCUT2D eigenvalue weighted by atomic mass is 9.80. The van der Waals surface area contributed by atoms with Crippen molar-refractivity contribution in [2.75, 3.05) is 0 Å². The fourth-order valence-electron chi connectivity index (χ4n) is 6.01. The van der Waals surface area contributed by atoms with Crippen LogP contribution in [0.5, 0.6) is 11.5 Å². The smallest absolute Gasteiger partial charge is 0.156 e. The SMILES string of the molecule is O=C1C=C(c2ccccn2)CC(c2cc(Cc3ccc(O)c(C4CC(=O)C=C(c5ccccn5)C4)c3)ccc2O)C1. The van der Waals surface area contributed by atoms with Crippen LogP contribution in [0.1, 0.15) is 71.2 Å². The van der Waals surface area contributed by atoms with E-state index < -0.39 is 0 Å². The summed E-state index contributed by atoms with van der Waals surface area (Å²) in [5.41, 5.74) is 6.79. The summed E-state index contributed by atoms with van der Waals surface area (Å²) in [4.78, 5) is 34.1. The second-order valence-corrected chi connectivity index (χ2v) is 10.9. The molecule has 6 nitrogen and oxygen atoms in total. The Bertz CT molecular complexity index is 1550. The third kappa shape index (κ3) is 5.87. The fraction of sp³-hybridized carbons (Fsp3) is 0.200. The number of aromatic hydroxyl groups is 2. The molecule has 6 heteroatoms. The molecule has 6 rings (SSSR count). The number of hydrogen-bond acceptors (Lipinski definition) is 6. The van der Waals surface area contributed by atoms with Gasteiger partial charge in [-0.1, -0.05) is 36.4 Å². The molecule has 0 amide bonds. The maximum absolute atomic E-state index is 12.6. The highest BCUT2D eigenvalue weighted by atomic mass is 16.3. The van der Waals surface area contributed by atoms with Gasteiger partial charge in [-0.2, -0.15) is 0 Å². The minimum Gasteiger partial charge on any atom is -0.508 e. The van der Waals surface area contributed by atoms with Gasteiger partial charge in [0.2, 0.25) is 0 Å². The van der Waals surface area contributed by atoms with Crippen LogP contribution in [0.3, 0.4) is 0 Å². The molecule has 0 saturated heterocycles. The number of carbonyl (C=O) groups excluding carboxylic acids is 2. The van der Waals surface area contributed by atoms with Crippen LogP contribution in [0.4, 0.5) is 0 Å². The number of ketones is 2. The second-order valence-electron chi connectivity index (χ2n) is 10.9. The van der Waals surface area contributed by atoms with Crippen LogP contribution >= 0.6 is 0 Å². The van der Waals surface area contributed by atoms with Crippen LogP contribution in [-0.4, -0.2) is 31.7 Å². The molecule has 2 aliphatic rings. The Morgan fingerprint density at radius 3 is 1.49 bits per heavy atom. The molecule has 2 aromatic carbocycles. The van der Waals surface area contributed by atoms with Crippen molar-refractivity contribution in [2.45, 2.75) is 43.9 Å². The summed E-state index contributed by atoms with van der Waals surface area (Å²) in [5.74, 6) is 0.103. The van der Waals surface area contributed by atoms with Crippen molar-refractivity contribution in [2.24, 2.45) is 0 Å². The van der Waals surface area contributed by atoms with Crippen molar-refractivity contribution in [3.8, 4) is 11.5 Å². The molecule has 2 heterocycles. The third-order valence-corrected chi connectivity index (χ3v) is 7.96. The highest BCUT2D eigenvalue weighted by Crippen LogP contribution is 2.41. The van der Waals surface area contributed by atoms with Crippen molar-refractivity contribution in [1.29, 1.82) is 0 Å². The van der Waals surface area contributed by atoms with E-state index in [0.717, 1.165) is 44.8 Å². The first-order valence-corrected chi connectivity index (χ1v) is 13.9. The molecular weight excluding hydrogens is 512 g/mol. The molecule has 0 radical (unpaired) electrons. The molecular formula is C35H30N2O4. The van der Waals surface area contributed by atoms with Crippen molar-refractivity contribution in [3.05, 3.63) is 131 Å². The minimum absolute atomic E-state index is 0.0241. The molecule has 2 N–H and O–H groups in total. The zero-order valence-electron chi connectivity index (χ0n) is 22.5. The molecule has 0 fully saturated rings. The Morgan fingerprint density at radius 1 is 0.610 bits per heavy atom. The van der Waals surface area contributed by atoms with Gasteiger partial charge >= 0.3 is 0 Å². The van der Waals surface area contributed by atoms with Gasteiger partial charge in [-0.15, -0.1) is 0 Å². The number of allylic oxidation sites excluding steroid dienone is 4. The molecule has 2 unspecified atom stereocenters. The van der Waals surface area contributed by atoms with Crippen LogP contribution in [0.25, 0.3) is 11.1 Å². The average Bonchev–Trinajstić information content (AvgIpc) is 2.99. The van der Waals surface area contributed by atoms with E-state index in [1.54, 1.807) is 36.7 Å². The minimum atomic E-state index is -0.148. The molecule has 2 atom stereocenters. The van der Waals surface area contributed by atoms with Crippen LogP contribution in [-0.2, 0) is 16.0 Å². The first-order valence-electron chi connectivity index (χ1n) is 13.9. The number of rotatable bonds is 6. The predicted molar refractivity (Wildman–Crippen MR) is 157 cm³/mol. The zero-order chi connectivity index (χ0) is 28.3. The molecule has 0 spiro atoms. The van der Waals surface area contributed by atoms with Crippen LogP contribution < -0.4 is 0 Å². The molecule has 204 valence electrons. The van der Waals surface area contributed by atoms with Crippen molar-refractivity contribution < 1.29 is 19.8 Å². The van der Waals surface area contributed by atoms with E-state index in [2.05, 4.69) is 9.97 Å². The first-order chi connectivity index (χ1) is 19.9. The van der Waals surface area contributed by atoms with Crippen molar-refractivity contribution >= 4 is 22.7 Å². The molecule has 4 aromatic rings. The number of phenols is 2. The maximum Gasteiger partial charge on any atom is 0.156 e. The van der Waals surface area contributed by atoms with Crippen molar-refractivity contribution in [3.63, 3.8) is 0 Å². The van der Waals surface area contributed by atoms with Gasteiger partial charge < -0.3 is 10.2 Å². The van der Waals surface area contributed by atoms with E-state index in [1.807, 2.05) is 60.7 Å². The lowest BCUT2D eigenvalue weighted by Gasteiger charge is -2.24. The number of aromatic nitrogens is 2. The van der Waals surface area contributed by atoms with Crippen LogP contribution in [0, 0.1) is 0 Å². The lowest BCUT2D eigenvalue weighted by molar-refractivity contribution is -0.116. The number of hydrogen-bond donors (Lipinski definition) is 2. The van der Waals surface area contributed by atoms with Crippen molar-refractivity contribution in [1.82, 2.24) is 9.97 Å². The quantitative estimate of drug-likeness (QED) is 0.287. The summed E-state index contributed by atoms with van der Waals surface area (Å²) in [6, 6.07) is 22.4. The number of phenolic OH excluding ortho intramolecular Hbond substituents is 2. The summed E-state index contributed by atoms with van der Waals surface area (Å²) < 4.78 is 0. The van der Waals surface area contributed by atoms with Gasteiger partial charge in [-0.3, -0.25) is 19.6 Å². The largest absolute Gasteiger partial charge is 0.508 e. The zero-order valence-corrected chi connectivity index (χ0v) is 22.5. The molecule has 0 aliphatic heterocycles. The molecule has 0 bridgehead atoms. The topological polar surface area (TPSA) is 100 Å². The van der Waals surface area contributed by atoms with E-state index in [0.29, 0.717) is 32.1 Å². The average molecular weight is 543 g/mol. The van der Waals surface area contributed by atoms with Gasteiger partial charge in [0, 0.05) is 25.2 Å². The van der Waals surface area contributed by atoms with Gasteiger partial charge in [0.05, 0.1) is 11.4 Å². The third-order valence-electron chi connectivity index (χ3n) is 7.96. The molecule has 41 heavy (non-hydrogen) atoms. The Hall–Kier alpha value is -4.84. The van der Waals surface area contributed by atoms with E-state index in [4.69, 9.17) is 0 Å². The maximum atomic E-state index is 12.6. The Balaban J connectivity index is 1.24. The summed E-state index contributed by atoms with van der Waals surface area (Å²) >= 11 is 0. The Labute approximate surface area is 238 Å². The number of benzene rings is 2. The second kappa shape index (κ2) is 11.3. The number of pyridine rings is 2. The fourth-order valence-corrected chi connectivity index (χ4v) is 6.01. The molecule has 2 aromatic heterocycles. The normalized spacial score (nSPS) is 19.0.